The van der Waals surface area contributed by atoms with E-state index in [1.807, 2.05) is 42.2 Å². The lowest BCUT2D eigenvalue weighted by atomic mass is 9.90. The molecule has 2 saturated heterocycles. The number of hydrogen-bond donors (Lipinski definition) is 1. The molecule has 5 rings (SSSR count). The molecular formula is C31H35F2N3O5S. The average Bonchev–Trinajstić information content (AvgIpc) is 2.96. The highest BCUT2D eigenvalue weighted by Crippen LogP contribution is 2.35. The highest BCUT2D eigenvalue weighted by molar-refractivity contribution is 7.89. The SMILES string of the molecule is Cc1ccc(S(=O)(=O)N2C[C@@]3(CCCN(CC(=O)Nc4ccc(OC(F)F)cc4)C3)OC[C@@H]2Cc2ccccc2)cc1. The van der Waals surface area contributed by atoms with Gasteiger partial charge in [0, 0.05) is 18.8 Å². The van der Waals surface area contributed by atoms with Crippen LogP contribution in [0, 0.1) is 6.92 Å². The lowest BCUT2D eigenvalue weighted by molar-refractivity contribution is -0.144. The van der Waals surface area contributed by atoms with E-state index in [1.54, 1.807) is 28.6 Å². The van der Waals surface area contributed by atoms with Gasteiger partial charge in [0.05, 0.1) is 29.7 Å². The van der Waals surface area contributed by atoms with Crippen molar-refractivity contribution in [1.82, 2.24) is 9.21 Å². The molecule has 2 aliphatic rings. The molecule has 3 aromatic rings. The molecule has 1 amide bonds. The molecule has 2 atom stereocenters. The Morgan fingerprint density at radius 1 is 1.05 bits per heavy atom. The normalized spacial score (nSPS) is 21.9. The van der Waals surface area contributed by atoms with Crippen LogP contribution in [0.15, 0.2) is 83.8 Å². The third-order valence-corrected chi connectivity index (χ3v) is 9.64. The first-order chi connectivity index (χ1) is 20.1. The minimum atomic E-state index is -3.82. The van der Waals surface area contributed by atoms with Gasteiger partial charge in [-0.2, -0.15) is 13.1 Å². The summed E-state index contributed by atoms with van der Waals surface area (Å²) in [6.45, 7) is 0.574. The minimum absolute atomic E-state index is 0.00568. The van der Waals surface area contributed by atoms with Crippen LogP contribution in [0.25, 0.3) is 0 Å². The van der Waals surface area contributed by atoms with Crippen LogP contribution in [0.3, 0.4) is 0 Å². The van der Waals surface area contributed by atoms with Crippen LogP contribution < -0.4 is 10.1 Å². The van der Waals surface area contributed by atoms with Crippen LogP contribution in [0.2, 0.25) is 0 Å². The van der Waals surface area contributed by atoms with Crippen molar-refractivity contribution in [1.29, 1.82) is 0 Å². The summed E-state index contributed by atoms with van der Waals surface area (Å²) in [4.78, 5) is 15.1. The fourth-order valence-corrected chi connectivity index (χ4v) is 7.37. The summed E-state index contributed by atoms with van der Waals surface area (Å²) in [6.07, 6.45) is 1.94. The van der Waals surface area contributed by atoms with Gasteiger partial charge in [0.25, 0.3) is 0 Å². The smallest absolute Gasteiger partial charge is 0.387 e. The highest BCUT2D eigenvalue weighted by atomic mass is 32.2. The van der Waals surface area contributed by atoms with E-state index in [1.165, 1.54) is 24.3 Å². The van der Waals surface area contributed by atoms with E-state index >= 15 is 0 Å². The van der Waals surface area contributed by atoms with Crippen molar-refractivity contribution in [2.75, 3.05) is 38.1 Å². The third-order valence-electron chi connectivity index (χ3n) is 7.72. The minimum Gasteiger partial charge on any atom is -0.435 e. The topological polar surface area (TPSA) is 88.2 Å². The zero-order valence-corrected chi connectivity index (χ0v) is 24.2. The first kappa shape index (κ1) is 30.1. The van der Waals surface area contributed by atoms with Crippen LogP contribution in [-0.4, -0.2) is 74.6 Å². The molecule has 3 aromatic carbocycles. The first-order valence-electron chi connectivity index (χ1n) is 14.0. The molecule has 8 nitrogen and oxygen atoms in total. The molecule has 2 fully saturated rings. The summed E-state index contributed by atoms with van der Waals surface area (Å²) in [5, 5.41) is 2.78. The number of benzene rings is 3. The Labute approximate surface area is 245 Å². The molecule has 11 heteroatoms. The van der Waals surface area contributed by atoms with Crippen molar-refractivity contribution in [3.63, 3.8) is 0 Å². The molecule has 1 N–H and O–H groups in total. The Kier molecular flexibility index (Phi) is 9.22. The van der Waals surface area contributed by atoms with E-state index in [2.05, 4.69) is 10.1 Å². The highest BCUT2D eigenvalue weighted by Gasteiger charge is 2.47. The predicted octanol–water partition coefficient (Wildman–Crippen LogP) is 4.70. The van der Waals surface area contributed by atoms with Gasteiger partial charge in [0.1, 0.15) is 5.75 Å². The van der Waals surface area contributed by atoms with E-state index < -0.39 is 22.2 Å². The van der Waals surface area contributed by atoms with Crippen LogP contribution in [0.4, 0.5) is 14.5 Å². The Morgan fingerprint density at radius 3 is 2.45 bits per heavy atom. The van der Waals surface area contributed by atoms with Gasteiger partial charge in [-0.05, 0) is 74.7 Å². The van der Waals surface area contributed by atoms with Crippen LogP contribution in [0.1, 0.15) is 24.0 Å². The summed E-state index contributed by atoms with van der Waals surface area (Å²) >= 11 is 0. The second-order valence-electron chi connectivity index (χ2n) is 11.0. The molecule has 0 aromatic heterocycles. The summed E-state index contributed by atoms with van der Waals surface area (Å²) in [7, 11) is -3.82. The number of anilines is 1. The molecule has 42 heavy (non-hydrogen) atoms. The number of likely N-dealkylation sites (tertiary alicyclic amines) is 1. The largest absolute Gasteiger partial charge is 0.435 e. The second-order valence-corrected chi connectivity index (χ2v) is 12.9. The number of ether oxygens (including phenoxy) is 2. The summed E-state index contributed by atoms with van der Waals surface area (Å²) in [5.74, 6) is -0.261. The first-order valence-corrected chi connectivity index (χ1v) is 15.4. The van der Waals surface area contributed by atoms with Gasteiger partial charge in [-0.15, -0.1) is 0 Å². The van der Waals surface area contributed by atoms with E-state index in [-0.39, 0.29) is 42.3 Å². The maximum absolute atomic E-state index is 14.0. The van der Waals surface area contributed by atoms with Gasteiger partial charge < -0.3 is 14.8 Å². The van der Waals surface area contributed by atoms with Crippen molar-refractivity contribution in [2.24, 2.45) is 0 Å². The van der Waals surface area contributed by atoms with Crippen molar-refractivity contribution in [3.8, 4) is 5.75 Å². The number of sulfonamides is 1. The Hall–Kier alpha value is -3.38. The molecule has 0 saturated carbocycles. The Balaban J connectivity index is 1.30. The number of hydrogen-bond acceptors (Lipinski definition) is 6. The fourth-order valence-electron chi connectivity index (χ4n) is 5.68. The molecule has 224 valence electrons. The number of halogens is 2. The third kappa shape index (κ3) is 7.33. The van der Waals surface area contributed by atoms with E-state index in [0.717, 1.165) is 17.5 Å². The average molecular weight is 600 g/mol. The predicted molar refractivity (Wildman–Crippen MR) is 155 cm³/mol. The van der Waals surface area contributed by atoms with Gasteiger partial charge >= 0.3 is 6.61 Å². The number of morpholine rings is 1. The Bertz CT molecular complexity index is 1460. The molecule has 1 spiro atoms. The lowest BCUT2D eigenvalue weighted by Gasteiger charge is -2.50. The molecule has 0 bridgehead atoms. The van der Waals surface area contributed by atoms with Crippen molar-refractivity contribution in [2.45, 2.75) is 49.3 Å². The maximum atomic E-state index is 14.0. The van der Waals surface area contributed by atoms with Crippen LogP contribution in [-0.2, 0) is 26.0 Å². The maximum Gasteiger partial charge on any atom is 0.387 e. The number of amides is 1. The second kappa shape index (κ2) is 12.9. The number of carbonyl (C=O) groups excluding carboxylic acids is 1. The molecule has 2 heterocycles. The molecule has 0 unspecified atom stereocenters. The summed E-state index contributed by atoms with van der Waals surface area (Å²) < 4.78 is 65.3. The van der Waals surface area contributed by atoms with Gasteiger partial charge in [0.15, 0.2) is 0 Å². The van der Waals surface area contributed by atoms with Gasteiger partial charge in [-0.3, -0.25) is 9.69 Å². The Morgan fingerprint density at radius 2 is 1.76 bits per heavy atom. The standard InChI is InChI=1S/C31H35F2N3O5S/c1-23-8-14-28(15-9-23)42(38,39)36-22-31(40-20-26(36)18-24-6-3-2-4-7-24)16-5-17-35(21-31)19-29(37)34-25-10-12-27(13-11-25)41-30(32)33/h2-4,6-15,26,30H,5,16-22H2,1H3,(H,34,37)/t26-,31-/m0/s1. The van der Waals surface area contributed by atoms with Crippen molar-refractivity contribution < 1.29 is 31.5 Å². The van der Waals surface area contributed by atoms with Gasteiger partial charge in [0.2, 0.25) is 15.9 Å². The quantitative estimate of drug-likeness (QED) is 0.384. The molecule has 2 aliphatic heterocycles. The number of alkyl halides is 2. The summed E-state index contributed by atoms with van der Waals surface area (Å²) in [5.41, 5.74) is 1.72. The molecule has 0 radical (unpaired) electrons. The van der Waals surface area contributed by atoms with E-state index in [4.69, 9.17) is 4.74 Å². The van der Waals surface area contributed by atoms with Gasteiger partial charge in [-0.1, -0.05) is 48.0 Å². The van der Waals surface area contributed by atoms with Crippen LogP contribution in [0.5, 0.6) is 5.75 Å². The van der Waals surface area contributed by atoms with Gasteiger partial charge in [-0.25, -0.2) is 8.42 Å². The van der Waals surface area contributed by atoms with Crippen molar-refractivity contribution >= 4 is 21.6 Å². The molecule has 0 aliphatic carbocycles. The fraction of sp³-hybridized carbons (Fsp3) is 0.387. The number of piperidine rings is 1. The number of aryl methyl sites for hydroxylation is 1. The number of nitrogens with zero attached hydrogens (tertiary/aromatic N) is 2. The van der Waals surface area contributed by atoms with Crippen LogP contribution >= 0.6 is 0 Å². The molecular weight excluding hydrogens is 564 g/mol. The van der Waals surface area contributed by atoms with Crippen molar-refractivity contribution in [3.05, 3.63) is 90.0 Å². The number of carbonyl (C=O) groups is 1. The number of rotatable bonds is 9. The summed E-state index contributed by atoms with van der Waals surface area (Å²) in [6, 6.07) is 22.0. The zero-order valence-electron chi connectivity index (χ0n) is 23.4. The zero-order chi connectivity index (χ0) is 29.7. The van der Waals surface area contributed by atoms with E-state index in [9.17, 15) is 22.0 Å². The lowest BCUT2D eigenvalue weighted by Crippen LogP contribution is -2.64. The van der Waals surface area contributed by atoms with E-state index in [0.29, 0.717) is 31.6 Å². The monoisotopic (exact) mass is 599 g/mol. The number of nitrogens with one attached hydrogen (secondary N) is 1.